The first kappa shape index (κ1) is 14.5. The topological polar surface area (TPSA) is 75.3 Å². The zero-order chi connectivity index (χ0) is 15.9. The van der Waals surface area contributed by atoms with Crippen LogP contribution in [0.4, 0.5) is 20.2 Å². The maximum Gasteiger partial charge on any atom is 0.261 e. The molecule has 2 aromatic rings. The second-order valence-electron chi connectivity index (χ2n) is 4.77. The number of nitrogens with one attached hydrogen (secondary N) is 2. The quantitative estimate of drug-likeness (QED) is 0.909. The number of fused-ring (bicyclic) bond motifs is 1. The zero-order valence-corrected chi connectivity index (χ0v) is 11.9. The minimum Gasteiger partial charge on any atom is -0.326 e. The first-order valence-electron chi connectivity index (χ1n) is 6.26. The van der Waals surface area contributed by atoms with Crippen LogP contribution in [0.2, 0.25) is 0 Å². The Bertz CT molecular complexity index is 882. The van der Waals surface area contributed by atoms with E-state index in [2.05, 4.69) is 10.0 Å². The third-order valence-corrected chi connectivity index (χ3v) is 4.55. The molecule has 0 aliphatic carbocycles. The Hall–Kier alpha value is -2.48. The number of sulfonamides is 1. The molecule has 0 radical (unpaired) electrons. The maximum atomic E-state index is 13.5. The third-order valence-electron chi connectivity index (χ3n) is 3.19. The third kappa shape index (κ3) is 2.64. The van der Waals surface area contributed by atoms with Crippen LogP contribution in [-0.4, -0.2) is 14.3 Å². The summed E-state index contributed by atoms with van der Waals surface area (Å²) in [6.07, 6.45) is 0.0869. The molecule has 0 aromatic heterocycles. The van der Waals surface area contributed by atoms with Crippen LogP contribution < -0.4 is 10.0 Å². The summed E-state index contributed by atoms with van der Waals surface area (Å²) in [7, 11) is -4.04. The van der Waals surface area contributed by atoms with Crippen LogP contribution in [0.15, 0.2) is 41.3 Å². The number of rotatable bonds is 3. The van der Waals surface area contributed by atoms with Gasteiger partial charge in [0.25, 0.3) is 10.0 Å². The highest BCUT2D eigenvalue weighted by Crippen LogP contribution is 2.27. The lowest BCUT2D eigenvalue weighted by Crippen LogP contribution is -2.14. The van der Waals surface area contributed by atoms with Gasteiger partial charge in [0.15, 0.2) is 0 Å². The molecule has 0 saturated carbocycles. The summed E-state index contributed by atoms with van der Waals surface area (Å²) in [5, 5.41) is 2.59. The molecular weight excluding hydrogens is 314 g/mol. The largest absolute Gasteiger partial charge is 0.326 e. The molecular formula is C14H10F2N2O3S. The molecule has 0 saturated heterocycles. The van der Waals surface area contributed by atoms with E-state index in [1.165, 1.54) is 18.2 Å². The Morgan fingerprint density at radius 2 is 1.86 bits per heavy atom. The summed E-state index contributed by atoms with van der Waals surface area (Å²) in [6, 6.07) is 6.65. The van der Waals surface area contributed by atoms with E-state index in [-0.39, 0.29) is 22.9 Å². The number of halogens is 2. The van der Waals surface area contributed by atoms with Crippen molar-refractivity contribution in [3.05, 3.63) is 53.6 Å². The van der Waals surface area contributed by atoms with Gasteiger partial charge in [-0.2, -0.15) is 0 Å². The van der Waals surface area contributed by atoms with Crippen LogP contribution in [0, 0.1) is 11.6 Å². The number of benzene rings is 2. The van der Waals surface area contributed by atoms with E-state index >= 15 is 0 Å². The van der Waals surface area contributed by atoms with Gasteiger partial charge in [-0.05, 0) is 35.9 Å². The summed E-state index contributed by atoms with van der Waals surface area (Å²) in [5.41, 5.74) is 0.750. The van der Waals surface area contributed by atoms with E-state index in [0.29, 0.717) is 17.3 Å². The number of anilines is 2. The second-order valence-corrected chi connectivity index (χ2v) is 6.46. The molecule has 2 N–H and O–H groups in total. The fourth-order valence-electron chi connectivity index (χ4n) is 2.15. The number of amides is 1. The summed E-state index contributed by atoms with van der Waals surface area (Å²) in [5.74, 6) is -2.04. The number of carbonyl (C=O) groups is 1. The van der Waals surface area contributed by atoms with E-state index in [1.54, 1.807) is 0 Å². The van der Waals surface area contributed by atoms with E-state index in [0.717, 1.165) is 12.1 Å². The van der Waals surface area contributed by atoms with Gasteiger partial charge in [0.05, 0.1) is 17.0 Å². The van der Waals surface area contributed by atoms with Gasteiger partial charge in [0, 0.05) is 11.8 Å². The Balaban J connectivity index is 1.94. The average Bonchev–Trinajstić information content (AvgIpc) is 2.81. The first-order chi connectivity index (χ1) is 10.3. The van der Waals surface area contributed by atoms with Crippen LogP contribution >= 0.6 is 0 Å². The van der Waals surface area contributed by atoms with Crippen molar-refractivity contribution in [2.45, 2.75) is 11.3 Å². The summed E-state index contributed by atoms with van der Waals surface area (Å²) >= 11 is 0. The molecule has 22 heavy (non-hydrogen) atoms. The summed E-state index contributed by atoms with van der Waals surface area (Å²) in [4.78, 5) is 11.2. The van der Waals surface area contributed by atoms with Gasteiger partial charge in [-0.25, -0.2) is 17.2 Å². The Kier molecular flexibility index (Phi) is 3.32. The lowest BCUT2D eigenvalue weighted by molar-refractivity contribution is -0.115. The van der Waals surface area contributed by atoms with Crippen molar-refractivity contribution in [2.24, 2.45) is 0 Å². The Labute approximate surface area is 125 Å². The molecule has 2 aromatic carbocycles. The van der Waals surface area contributed by atoms with E-state index < -0.39 is 21.7 Å². The molecule has 0 bridgehead atoms. The lowest BCUT2D eigenvalue weighted by Gasteiger charge is -2.10. The van der Waals surface area contributed by atoms with Crippen molar-refractivity contribution < 1.29 is 22.0 Å². The van der Waals surface area contributed by atoms with Crippen molar-refractivity contribution in [3.63, 3.8) is 0 Å². The minimum absolute atomic E-state index is 0.0869. The van der Waals surface area contributed by atoms with Gasteiger partial charge in [0.2, 0.25) is 5.91 Å². The van der Waals surface area contributed by atoms with Crippen molar-refractivity contribution in [2.75, 3.05) is 10.0 Å². The Morgan fingerprint density at radius 1 is 1.09 bits per heavy atom. The summed E-state index contributed by atoms with van der Waals surface area (Å²) < 4.78 is 52.9. The Morgan fingerprint density at radius 3 is 2.59 bits per heavy atom. The molecule has 1 amide bonds. The number of carbonyl (C=O) groups excluding carboxylic acids is 1. The standard InChI is InChI=1S/C14H10F2N2O3S/c15-9-1-3-13(11(16)7-9)18-22(20,21)10-2-4-12-8(5-10)6-14(19)17-12/h1-5,7,18H,6H2,(H,17,19). The molecule has 1 heterocycles. The first-order valence-corrected chi connectivity index (χ1v) is 7.74. The van der Waals surface area contributed by atoms with Crippen molar-refractivity contribution in [1.29, 1.82) is 0 Å². The van der Waals surface area contributed by atoms with Gasteiger partial charge in [-0.3, -0.25) is 9.52 Å². The van der Waals surface area contributed by atoms with Gasteiger partial charge in [-0.15, -0.1) is 0 Å². The van der Waals surface area contributed by atoms with Gasteiger partial charge >= 0.3 is 0 Å². The average molecular weight is 324 g/mol. The van der Waals surface area contributed by atoms with Gasteiger partial charge in [-0.1, -0.05) is 0 Å². The van der Waals surface area contributed by atoms with Crippen LogP contribution in [0.5, 0.6) is 0 Å². The minimum atomic E-state index is -4.04. The lowest BCUT2D eigenvalue weighted by atomic mass is 10.2. The predicted molar refractivity (Wildman–Crippen MR) is 75.9 cm³/mol. The SMILES string of the molecule is O=C1Cc2cc(S(=O)(=O)Nc3ccc(F)cc3F)ccc2N1. The van der Waals surface area contributed by atoms with E-state index in [4.69, 9.17) is 0 Å². The number of hydrogen-bond donors (Lipinski definition) is 2. The number of hydrogen-bond acceptors (Lipinski definition) is 3. The molecule has 1 aliphatic heterocycles. The second kappa shape index (κ2) is 5.06. The normalized spacial score (nSPS) is 13.6. The fourth-order valence-corrected chi connectivity index (χ4v) is 3.27. The summed E-state index contributed by atoms with van der Waals surface area (Å²) in [6.45, 7) is 0. The molecule has 114 valence electrons. The van der Waals surface area contributed by atoms with Crippen LogP contribution in [0.1, 0.15) is 5.56 Å². The van der Waals surface area contributed by atoms with Gasteiger partial charge < -0.3 is 5.32 Å². The van der Waals surface area contributed by atoms with E-state index in [1.807, 2.05) is 0 Å². The van der Waals surface area contributed by atoms with Crippen LogP contribution in [-0.2, 0) is 21.2 Å². The van der Waals surface area contributed by atoms with Crippen molar-refractivity contribution in [3.8, 4) is 0 Å². The molecule has 0 unspecified atom stereocenters. The van der Waals surface area contributed by atoms with Crippen molar-refractivity contribution in [1.82, 2.24) is 0 Å². The zero-order valence-electron chi connectivity index (χ0n) is 11.1. The molecule has 3 rings (SSSR count). The monoisotopic (exact) mass is 324 g/mol. The van der Waals surface area contributed by atoms with E-state index in [9.17, 15) is 22.0 Å². The highest BCUT2D eigenvalue weighted by Gasteiger charge is 2.22. The molecule has 0 atom stereocenters. The molecule has 8 heteroatoms. The highest BCUT2D eigenvalue weighted by atomic mass is 32.2. The van der Waals surface area contributed by atoms with Crippen molar-refractivity contribution >= 4 is 27.3 Å². The van der Waals surface area contributed by atoms with Gasteiger partial charge in [0.1, 0.15) is 11.6 Å². The highest BCUT2D eigenvalue weighted by molar-refractivity contribution is 7.92. The molecule has 0 fully saturated rings. The van der Waals surface area contributed by atoms with Crippen LogP contribution in [0.25, 0.3) is 0 Å². The van der Waals surface area contributed by atoms with Crippen LogP contribution in [0.3, 0.4) is 0 Å². The fraction of sp³-hybridized carbons (Fsp3) is 0.0714. The molecule has 5 nitrogen and oxygen atoms in total. The molecule has 0 spiro atoms. The molecule has 1 aliphatic rings. The predicted octanol–water partition coefficient (Wildman–Crippen LogP) is 2.26. The maximum absolute atomic E-state index is 13.5. The smallest absolute Gasteiger partial charge is 0.261 e.